The molecule has 6 nitrogen and oxygen atoms in total. The van der Waals surface area contributed by atoms with Gasteiger partial charge in [0.1, 0.15) is 12.4 Å². The first-order valence-corrected chi connectivity index (χ1v) is 8.25. The molecule has 0 saturated carbocycles. The first-order valence-electron chi connectivity index (χ1n) is 6.66. The molecular weight excluding hydrogens is 322 g/mol. The van der Waals surface area contributed by atoms with Crippen molar-refractivity contribution in [3.05, 3.63) is 29.8 Å². The molecule has 2 aromatic rings. The lowest BCUT2D eigenvalue weighted by molar-refractivity contribution is 0.241. The number of carbonyl (C=O) groups excluding carboxylic acids is 1. The molecule has 2 rings (SSSR count). The summed E-state index contributed by atoms with van der Waals surface area (Å²) in [5.74, 6) is 0.836. The van der Waals surface area contributed by atoms with Crippen LogP contribution in [0, 0.1) is 0 Å². The van der Waals surface area contributed by atoms with Crippen LogP contribution in [-0.4, -0.2) is 40.2 Å². The van der Waals surface area contributed by atoms with Gasteiger partial charge in [-0.2, -0.15) is 9.36 Å². The first-order chi connectivity index (χ1) is 10.6. The summed E-state index contributed by atoms with van der Waals surface area (Å²) in [5, 5.41) is 0.740. The highest BCUT2D eigenvalue weighted by atomic mass is 32.2. The highest BCUT2D eigenvalue weighted by Gasteiger charge is 2.12. The molecule has 0 aliphatic carbocycles. The monoisotopic (exact) mass is 339 g/mol. The maximum atomic E-state index is 11.5. The van der Waals surface area contributed by atoms with E-state index < -0.39 is 0 Å². The van der Waals surface area contributed by atoms with Gasteiger partial charge in [0.15, 0.2) is 0 Å². The standard InChI is InChI=1S/C14H17N3O3S2/c1-4-19-11-7-5-10(6-8-11)9-20-13-15-12(16-22-13)21-14(18)17(2)3/h5-8H,4,9H2,1-3H3. The molecule has 0 atom stereocenters. The van der Waals surface area contributed by atoms with Gasteiger partial charge in [0.2, 0.25) is 5.16 Å². The summed E-state index contributed by atoms with van der Waals surface area (Å²) in [7, 11) is 3.37. The minimum Gasteiger partial charge on any atom is -0.494 e. The third kappa shape index (κ3) is 4.88. The SMILES string of the molecule is CCOc1ccc(COc2nc(SC(=O)N(C)C)ns2)cc1. The Kier molecular flexibility index (Phi) is 6.02. The van der Waals surface area contributed by atoms with Crippen LogP contribution in [-0.2, 0) is 6.61 Å². The molecule has 0 spiro atoms. The molecule has 0 aliphatic heterocycles. The maximum absolute atomic E-state index is 11.5. The van der Waals surface area contributed by atoms with E-state index in [4.69, 9.17) is 9.47 Å². The molecule has 1 aromatic carbocycles. The molecule has 1 aromatic heterocycles. The van der Waals surface area contributed by atoms with Gasteiger partial charge in [-0.1, -0.05) is 12.1 Å². The minimum absolute atomic E-state index is 0.115. The second kappa shape index (κ2) is 8.00. The third-order valence-corrected chi connectivity index (χ3v) is 4.18. The van der Waals surface area contributed by atoms with E-state index in [0.717, 1.165) is 34.6 Å². The summed E-state index contributed by atoms with van der Waals surface area (Å²) < 4.78 is 15.1. The average Bonchev–Trinajstić information content (AvgIpc) is 2.94. The van der Waals surface area contributed by atoms with Gasteiger partial charge in [0, 0.05) is 37.4 Å². The number of nitrogens with zero attached hydrogens (tertiary/aromatic N) is 3. The van der Waals surface area contributed by atoms with Crippen molar-refractivity contribution >= 4 is 28.5 Å². The number of hydrogen-bond acceptors (Lipinski definition) is 7. The van der Waals surface area contributed by atoms with Gasteiger partial charge < -0.3 is 14.4 Å². The van der Waals surface area contributed by atoms with Gasteiger partial charge in [-0.25, -0.2) is 0 Å². The summed E-state index contributed by atoms with van der Waals surface area (Å²) >= 11 is 2.11. The molecule has 0 unspecified atom stereocenters. The zero-order chi connectivity index (χ0) is 15.9. The Bertz CT molecular complexity index is 614. The van der Waals surface area contributed by atoms with E-state index in [1.165, 1.54) is 4.90 Å². The normalized spacial score (nSPS) is 10.3. The fraction of sp³-hybridized carbons (Fsp3) is 0.357. The fourth-order valence-corrected chi connectivity index (χ4v) is 2.68. The van der Waals surface area contributed by atoms with Crippen molar-refractivity contribution in [1.29, 1.82) is 0 Å². The van der Waals surface area contributed by atoms with Crippen molar-refractivity contribution in [1.82, 2.24) is 14.3 Å². The molecule has 22 heavy (non-hydrogen) atoms. The van der Waals surface area contributed by atoms with Crippen LogP contribution < -0.4 is 9.47 Å². The van der Waals surface area contributed by atoms with E-state index in [1.807, 2.05) is 31.2 Å². The van der Waals surface area contributed by atoms with Crippen molar-refractivity contribution < 1.29 is 14.3 Å². The zero-order valence-electron chi connectivity index (χ0n) is 12.6. The molecule has 1 amide bonds. The largest absolute Gasteiger partial charge is 0.494 e. The lowest BCUT2D eigenvalue weighted by atomic mass is 10.2. The van der Waals surface area contributed by atoms with Crippen molar-refractivity contribution in [3.63, 3.8) is 0 Å². The van der Waals surface area contributed by atoms with Crippen LogP contribution in [0.1, 0.15) is 12.5 Å². The highest BCUT2D eigenvalue weighted by molar-refractivity contribution is 8.13. The van der Waals surface area contributed by atoms with Crippen LogP contribution in [0.3, 0.4) is 0 Å². The summed E-state index contributed by atoms with van der Waals surface area (Å²) in [6, 6.07) is 7.69. The molecule has 0 bridgehead atoms. The van der Waals surface area contributed by atoms with Crippen LogP contribution >= 0.6 is 23.3 Å². The molecule has 0 aliphatic rings. The van der Waals surface area contributed by atoms with Crippen molar-refractivity contribution in [2.75, 3.05) is 20.7 Å². The molecule has 0 radical (unpaired) electrons. The van der Waals surface area contributed by atoms with Gasteiger partial charge in [0.05, 0.1) is 6.61 Å². The number of carbonyl (C=O) groups is 1. The Labute approximate surface area is 137 Å². The zero-order valence-corrected chi connectivity index (χ0v) is 14.2. The predicted molar refractivity (Wildman–Crippen MR) is 86.8 cm³/mol. The van der Waals surface area contributed by atoms with E-state index >= 15 is 0 Å². The Hall–Kier alpha value is -1.80. The number of amides is 1. The Balaban J connectivity index is 1.86. The van der Waals surface area contributed by atoms with E-state index in [2.05, 4.69) is 9.36 Å². The van der Waals surface area contributed by atoms with Crippen LogP contribution in [0.2, 0.25) is 0 Å². The topological polar surface area (TPSA) is 64.6 Å². The van der Waals surface area contributed by atoms with Gasteiger partial charge in [-0.15, -0.1) is 0 Å². The molecule has 118 valence electrons. The summed E-state index contributed by atoms with van der Waals surface area (Å²) in [6.45, 7) is 2.99. The lowest BCUT2D eigenvalue weighted by Crippen LogP contribution is -2.16. The van der Waals surface area contributed by atoms with Crippen molar-refractivity contribution in [2.24, 2.45) is 0 Å². The molecule has 0 fully saturated rings. The van der Waals surface area contributed by atoms with Crippen LogP contribution in [0.4, 0.5) is 4.79 Å². The second-order valence-electron chi connectivity index (χ2n) is 4.47. The van der Waals surface area contributed by atoms with Gasteiger partial charge >= 0.3 is 0 Å². The van der Waals surface area contributed by atoms with Crippen molar-refractivity contribution in [3.8, 4) is 10.9 Å². The number of benzene rings is 1. The molecular formula is C14H17N3O3S2. The lowest BCUT2D eigenvalue weighted by Gasteiger charge is -2.06. The summed E-state index contributed by atoms with van der Waals surface area (Å²) in [4.78, 5) is 17.2. The molecule has 0 saturated heterocycles. The summed E-state index contributed by atoms with van der Waals surface area (Å²) in [5.41, 5.74) is 1.01. The molecule has 1 heterocycles. The number of rotatable bonds is 6. The Morgan fingerprint density at radius 2 is 2.00 bits per heavy atom. The Morgan fingerprint density at radius 1 is 1.27 bits per heavy atom. The van der Waals surface area contributed by atoms with Crippen LogP contribution in [0.5, 0.6) is 10.9 Å². The molecule has 8 heteroatoms. The first kappa shape index (κ1) is 16.6. The van der Waals surface area contributed by atoms with Gasteiger partial charge in [-0.3, -0.25) is 4.79 Å². The number of ether oxygens (including phenoxy) is 2. The van der Waals surface area contributed by atoms with Crippen molar-refractivity contribution in [2.45, 2.75) is 18.7 Å². The predicted octanol–water partition coefficient (Wildman–Crippen LogP) is 3.29. The Morgan fingerprint density at radius 3 is 2.64 bits per heavy atom. The average molecular weight is 339 g/mol. The number of thioether (sulfide) groups is 1. The van der Waals surface area contributed by atoms with Gasteiger partial charge in [-0.05, 0) is 24.6 Å². The second-order valence-corrected chi connectivity index (χ2v) is 6.10. The number of aromatic nitrogens is 2. The highest BCUT2D eigenvalue weighted by Crippen LogP contribution is 2.24. The smallest absolute Gasteiger partial charge is 0.294 e. The third-order valence-electron chi connectivity index (χ3n) is 2.53. The maximum Gasteiger partial charge on any atom is 0.294 e. The van der Waals surface area contributed by atoms with E-state index in [0.29, 0.717) is 23.6 Å². The summed E-state index contributed by atoms with van der Waals surface area (Å²) in [6.07, 6.45) is 0. The van der Waals surface area contributed by atoms with Gasteiger partial charge in [0.25, 0.3) is 10.4 Å². The fourth-order valence-electron chi connectivity index (χ4n) is 1.46. The van der Waals surface area contributed by atoms with E-state index in [1.54, 1.807) is 14.1 Å². The number of hydrogen-bond donors (Lipinski definition) is 0. The molecule has 0 N–H and O–H groups in total. The van der Waals surface area contributed by atoms with Crippen LogP contribution in [0.25, 0.3) is 0 Å². The van der Waals surface area contributed by atoms with Crippen LogP contribution in [0.15, 0.2) is 29.4 Å². The van der Waals surface area contributed by atoms with E-state index in [-0.39, 0.29) is 5.24 Å². The van der Waals surface area contributed by atoms with E-state index in [9.17, 15) is 4.79 Å². The minimum atomic E-state index is -0.115. The quantitative estimate of drug-likeness (QED) is 0.753.